The number of amides is 1. The van der Waals surface area contributed by atoms with Gasteiger partial charge in [0.05, 0.1) is 19.3 Å². The van der Waals surface area contributed by atoms with Gasteiger partial charge in [0.1, 0.15) is 0 Å². The fourth-order valence-corrected chi connectivity index (χ4v) is 0.897. The molecule has 52 valence electrons. The molecule has 1 heterocycles. The largest absolute Gasteiger partial charge is 0.377 e. The molecule has 0 N–H and O–H groups in total. The first-order valence-corrected chi connectivity index (χ1v) is 3.13. The summed E-state index contributed by atoms with van der Waals surface area (Å²) in [5, 5.41) is 0. The molecule has 0 aromatic rings. The third-order valence-electron chi connectivity index (χ3n) is 1.55. The van der Waals surface area contributed by atoms with Crippen molar-refractivity contribution in [1.29, 1.82) is 0 Å². The summed E-state index contributed by atoms with van der Waals surface area (Å²) in [6, 6.07) is 0.260. The Morgan fingerprint density at radius 3 is 3.00 bits per heavy atom. The average Bonchev–Trinajstić information content (AvgIpc) is 1.89. The number of rotatable bonds is 1. The number of ether oxygens (including phenoxy) is 1. The van der Waals surface area contributed by atoms with Gasteiger partial charge in [0.2, 0.25) is 6.41 Å². The Morgan fingerprint density at radius 1 is 1.78 bits per heavy atom. The molecule has 1 aliphatic rings. The van der Waals surface area contributed by atoms with Gasteiger partial charge >= 0.3 is 0 Å². The van der Waals surface area contributed by atoms with Crippen molar-refractivity contribution >= 4 is 6.41 Å². The quantitative estimate of drug-likeness (QED) is 0.461. The molecule has 1 fully saturated rings. The van der Waals surface area contributed by atoms with Gasteiger partial charge in [-0.2, -0.15) is 0 Å². The predicted octanol–water partition coefficient (Wildman–Crippen LogP) is -0.137. The molecule has 1 amide bonds. The van der Waals surface area contributed by atoms with Crippen molar-refractivity contribution in [2.75, 3.05) is 19.8 Å². The van der Waals surface area contributed by atoms with E-state index in [1.807, 2.05) is 6.92 Å². The summed E-state index contributed by atoms with van der Waals surface area (Å²) in [6.07, 6.45) is 0.882. The maximum absolute atomic E-state index is 10.2. The Bertz CT molecular complexity index is 105. The number of hydrogen-bond acceptors (Lipinski definition) is 2. The minimum Gasteiger partial charge on any atom is -0.377 e. The lowest BCUT2D eigenvalue weighted by atomic mass is 10.3. The first-order valence-electron chi connectivity index (χ1n) is 3.13. The predicted molar refractivity (Wildman–Crippen MR) is 33.1 cm³/mol. The molecule has 9 heavy (non-hydrogen) atoms. The van der Waals surface area contributed by atoms with E-state index in [2.05, 4.69) is 0 Å². The molecule has 0 saturated carbocycles. The van der Waals surface area contributed by atoms with Crippen molar-refractivity contribution < 1.29 is 9.53 Å². The molecule has 0 spiro atoms. The maximum atomic E-state index is 10.2. The standard InChI is InChI=1S/C6H11NO2/c1-6-4-9-3-2-7(6)5-8/h5-6H,2-4H2,1H3/t6-/m1/s1. The van der Waals surface area contributed by atoms with E-state index in [1.165, 1.54) is 0 Å². The summed E-state index contributed by atoms with van der Waals surface area (Å²) in [5.74, 6) is 0. The zero-order chi connectivity index (χ0) is 6.69. The Morgan fingerprint density at radius 2 is 2.56 bits per heavy atom. The number of nitrogens with zero attached hydrogens (tertiary/aromatic N) is 1. The molecular weight excluding hydrogens is 118 g/mol. The lowest BCUT2D eigenvalue weighted by Gasteiger charge is -2.29. The van der Waals surface area contributed by atoms with Crippen LogP contribution < -0.4 is 0 Å². The Labute approximate surface area is 54.6 Å². The lowest BCUT2D eigenvalue weighted by Crippen LogP contribution is -2.42. The fourth-order valence-electron chi connectivity index (χ4n) is 0.897. The molecule has 1 saturated heterocycles. The van der Waals surface area contributed by atoms with Crippen LogP contribution in [0, 0.1) is 0 Å². The zero-order valence-corrected chi connectivity index (χ0v) is 5.54. The minimum absolute atomic E-state index is 0.260. The van der Waals surface area contributed by atoms with E-state index >= 15 is 0 Å². The number of hydrogen-bond donors (Lipinski definition) is 0. The minimum atomic E-state index is 0.260. The summed E-state index contributed by atoms with van der Waals surface area (Å²) in [5.41, 5.74) is 0. The van der Waals surface area contributed by atoms with Crippen molar-refractivity contribution in [3.05, 3.63) is 0 Å². The zero-order valence-electron chi connectivity index (χ0n) is 5.54. The lowest BCUT2D eigenvalue weighted by molar-refractivity contribution is -0.125. The van der Waals surface area contributed by atoms with Crippen LogP contribution >= 0.6 is 0 Å². The van der Waals surface area contributed by atoms with Crippen LogP contribution in [-0.4, -0.2) is 37.1 Å². The molecule has 0 aromatic heterocycles. The smallest absolute Gasteiger partial charge is 0.210 e. The summed E-state index contributed by atoms with van der Waals surface area (Å²) in [4.78, 5) is 12.0. The van der Waals surface area contributed by atoms with Gasteiger partial charge in [-0.1, -0.05) is 0 Å². The Hall–Kier alpha value is -0.570. The third-order valence-corrected chi connectivity index (χ3v) is 1.55. The number of morpholine rings is 1. The van der Waals surface area contributed by atoms with Crippen LogP contribution in [0.1, 0.15) is 6.92 Å². The van der Waals surface area contributed by atoms with Gasteiger partial charge in [-0.25, -0.2) is 0 Å². The maximum Gasteiger partial charge on any atom is 0.210 e. The second kappa shape index (κ2) is 2.82. The van der Waals surface area contributed by atoms with Gasteiger partial charge in [0.15, 0.2) is 0 Å². The van der Waals surface area contributed by atoms with Crippen molar-refractivity contribution in [2.45, 2.75) is 13.0 Å². The van der Waals surface area contributed by atoms with Crippen LogP contribution in [0.25, 0.3) is 0 Å². The van der Waals surface area contributed by atoms with Crippen LogP contribution in [0.2, 0.25) is 0 Å². The van der Waals surface area contributed by atoms with Crippen molar-refractivity contribution in [3.8, 4) is 0 Å². The van der Waals surface area contributed by atoms with Crippen LogP contribution in [0.4, 0.5) is 0 Å². The summed E-state index contributed by atoms with van der Waals surface area (Å²) >= 11 is 0. The molecule has 0 unspecified atom stereocenters. The first-order chi connectivity index (χ1) is 4.34. The Kier molecular flexibility index (Phi) is 2.05. The second-order valence-electron chi connectivity index (χ2n) is 2.27. The van der Waals surface area contributed by atoms with Crippen molar-refractivity contribution in [3.63, 3.8) is 0 Å². The first kappa shape index (κ1) is 6.55. The van der Waals surface area contributed by atoms with Crippen molar-refractivity contribution in [1.82, 2.24) is 4.90 Å². The highest BCUT2D eigenvalue weighted by atomic mass is 16.5. The van der Waals surface area contributed by atoms with Gasteiger partial charge in [-0.3, -0.25) is 4.79 Å². The van der Waals surface area contributed by atoms with Crippen LogP contribution in [0.15, 0.2) is 0 Å². The van der Waals surface area contributed by atoms with Crippen LogP contribution in [-0.2, 0) is 9.53 Å². The van der Waals surface area contributed by atoms with Gasteiger partial charge < -0.3 is 9.64 Å². The van der Waals surface area contributed by atoms with E-state index in [0.29, 0.717) is 13.2 Å². The van der Waals surface area contributed by atoms with Gasteiger partial charge in [-0.05, 0) is 6.92 Å². The van der Waals surface area contributed by atoms with Crippen LogP contribution in [0.3, 0.4) is 0 Å². The molecule has 1 aliphatic heterocycles. The number of carbonyl (C=O) groups is 1. The van der Waals surface area contributed by atoms with Crippen LogP contribution in [0.5, 0.6) is 0 Å². The van der Waals surface area contributed by atoms with E-state index in [1.54, 1.807) is 4.90 Å². The molecule has 0 radical (unpaired) electrons. The molecule has 0 aromatic carbocycles. The van der Waals surface area contributed by atoms with E-state index in [-0.39, 0.29) is 6.04 Å². The molecule has 0 aliphatic carbocycles. The molecule has 3 heteroatoms. The molecular formula is C6H11NO2. The molecule has 0 bridgehead atoms. The molecule has 1 atom stereocenters. The van der Waals surface area contributed by atoms with E-state index in [9.17, 15) is 4.79 Å². The van der Waals surface area contributed by atoms with E-state index < -0.39 is 0 Å². The highest BCUT2D eigenvalue weighted by molar-refractivity contribution is 5.47. The topological polar surface area (TPSA) is 29.5 Å². The summed E-state index contributed by atoms with van der Waals surface area (Å²) in [6.45, 7) is 4.08. The normalized spacial score (nSPS) is 28.1. The van der Waals surface area contributed by atoms with Gasteiger partial charge in [0, 0.05) is 6.54 Å². The van der Waals surface area contributed by atoms with E-state index in [0.717, 1.165) is 13.0 Å². The van der Waals surface area contributed by atoms with E-state index in [4.69, 9.17) is 4.74 Å². The highest BCUT2D eigenvalue weighted by Crippen LogP contribution is 2.01. The summed E-state index contributed by atoms with van der Waals surface area (Å²) in [7, 11) is 0. The SMILES string of the molecule is C[C@@H]1COCCN1C=O. The monoisotopic (exact) mass is 129 g/mol. The third kappa shape index (κ3) is 1.42. The Balaban J connectivity index is 2.38. The summed E-state index contributed by atoms with van der Waals surface area (Å²) < 4.78 is 5.11. The molecule has 1 rings (SSSR count). The van der Waals surface area contributed by atoms with Gasteiger partial charge in [0.25, 0.3) is 0 Å². The second-order valence-corrected chi connectivity index (χ2v) is 2.27. The fraction of sp³-hybridized carbons (Fsp3) is 0.833. The highest BCUT2D eigenvalue weighted by Gasteiger charge is 2.15. The molecule has 3 nitrogen and oxygen atoms in total. The average molecular weight is 129 g/mol. The van der Waals surface area contributed by atoms with Gasteiger partial charge in [-0.15, -0.1) is 0 Å². The van der Waals surface area contributed by atoms with Crippen molar-refractivity contribution in [2.24, 2.45) is 0 Å². The number of carbonyl (C=O) groups excluding carboxylic acids is 1.